The van der Waals surface area contributed by atoms with Crippen molar-refractivity contribution in [2.75, 3.05) is 25.5 Å². The van der Waals surface area contributed by atoms with Gasteiger partial charge < -0.3 is 9.80 Å². The SMILES string of the molecule is CCN(C)/C=N\c1cc(C)cc(N(C)c2c(C)cccc2F)c1Cl. The molecule has 0 aliphatic carbocycles. The van der Waals surface area contributed by atoms with E-state index in [9.17, 15) is 4.39 Å². The van der Waals surface area contributed by atoms with Gasteiger partial charge in [-0.2, -0.15) is 0 Å². The highest BCUT2D eigenvalue weighted by molar-refractivity contribution is 6.36. The summed E-state index contributed by atoms with van der Waals surface area (Å²) in [4.78, 5) is 8.21. The third kappa shape index (κ3) is 3.88. The highest BCUT2D eigenvalue weighted by Crippen LogP contribution is 2.40. The zero-order valence-corrected chi connectivity index (χ0v) is 15.5. The molecule has 0 spiro atoms. The number of nitrogens with zero attached hydrogens (tertiary/aromatic N) is 3. The molecule has 5 heteroatoms. The lowest BCUT2D eigenvalue weighted by atomic mass is 10.1. The van der Waals surface area contributed by atoms with Gasteiger partial charge in [-0.3, -0.25) is 0 Å². The Morgan fingerprint density at radius 3 is 2.54 bits per heavy atom. The van der Waals surface area contributed by atoms with Crippen LogP contribution in [0.2, 0.25) is 5.02 Å². The minimum Gasteiger partial charge on any atom is -0.366 e. The molecule has 3 nitrogen and oxygen atoms in total. The summed E-state index contributed by atoms with van der Waals surface area (Å²) in [6.07, 6.45) is 1.75. The summed E-state index contributed by atoms with van der Waals surface area (Å²) < 4.78 is 14.3. The largest absolute Gasteiger partial charge is 0.366 e. The minimum atomic E-state index is -0.272. The zero-order chi connectivity index (χ0) is 17.9. The van der Waals surface area contributed by atoms with E-state index in [0.717, 1.165) is 23.4 Å². The minimum absolute atomic E-state index is 0.272. The summed E-state index contributed by atoms with van der Waals surface area (Å²) in [5.74, 6) is -0.272. The number of aliphatic imine (C=N–C) groups is 1. The molecule has 0 heterocycles. The van der Waals surface area contributed by atoms with Gasteiger partial charge in [-0.1, -0.05) is 23.7 Å². The lowest BCUT2D eigenvalue weighted by Crippen LogP contribution is -2.15. The van der Waals surface area contributed by atoms with Crippen LogP contribution < -0.4 is 4.90 Å². The molecule has 0 radical (unpaired) electrons. The van der Waals surface area contributed by atoms with Crippen molar-refractivity contribution in [1.29, 1.82) is 0 Å². The van der Waals surface area contributed by atoms with Crippen molar-refractivity contribution in [1.82, 2.24) is 4.90 Å². The van der Waals surface area contributed by atoms with Crippen molar-refractivity contribution in [2.24, 2.45) is 4.99 Å². The molecule has 0 aliphatic rings. The zero-order valence-electron chi connectivity index (χ0n) is 14.8. The number of benzene rings is 2. The summed E-state index contributed by atoms with van der Waals surface area (Å²) >= 11 is 6.56. The van der Waals surface area contributed by atoms with Gasteiger partial charge in [0.05, 0.1) is 28.4 Å². The van der Waals surface area contributed by atoms with Crippen molar-refractivity contribution >= 4 is 35.0 Å². The topological polar surface area (TPSA) is 18.8 Å². The summed E-state index contributed by atoms with van der Waals surface area (Å²) in [5, 5.41) is 0.506. The van der Waals surface area contributed by atoms with Crippen LogP contribution in [0.4, 0.5) is 21.5 Å². The number of hydrogen-bond donors (Lipinski definition) is 0. The average molecular weight is 348 g/mol. The maximum absolute atomic E-state index is 14.3. The van der Waals surface area contributed by atoms with Gasteiger partial charge in [0.1, 0.15) is 5.82 Å². The maximum atomic E-state index is 14.3. The second-order valence-corrected chi connectivity index (χ2v) is 6.28. The van der Waals surface area contributed by atoms with Crippen LogP contribution in [-0.4, -0.2) is 31.9 Å². The Morgan fingerprint density at radius 2 is 1.92 bits per heavy atom. The normalized spacial score (nSPS) is 11.1. The van der Waals surface area contributed by atoms with E-state index in [4.69, 9.17) is 11.6 Å². The average Bonchev–Trinajstić information content (AvgIpc) is 2.54. The van der Waals surface area contributed by atoms with Gasteiger partial charge in [0.25, 0.3) is 0 Å². The summed E-state index contributed by atoms with van der Waals surface area (Å²) in [6, 6.07) is 8.91. The van der Waals surface area contributed by atoms with Gasteiger partial charge in [0.15, 0.2) is 0 Å². The van der Waals surface area contributed by atoms with E-state index in [1.165, 1.54) is 6.07 Å². The van der Waals surface area contributed by atoms with Crippen molar-refractivity contribution in [3.05, 3.63) is 52.3 Å². The summed E-state index contributed by atoms with van der Waals surface area (Å²) in [5.41, 5.74) is 3.79. The number of halogens is 2. The van der Waals surface area contributed by atoms with Crippen molar-refractivity contribution in [3.8, 4) is 0 Å². The molecule has 0 fully saturated rings. The molecule has 0 amide bonds. The molecule has 0 aromatic heterocycles. The highest BCUT2D eigenvalue weighted by Gasteiger charge is 2.17. The third-order valence-electron chi connectivity index (χ3n) is 3.96. The molecule has 0 bridgehead atoms. The van der Waals surface area contributed by atoms with Gasteiger partial charge in [0, 0.05) is 20.6 Å². The van der Waals surface area contributed by atoms with Crippen LogP contribution in [0, 0.1) is 19.7 Å². The number of aryl methyl sites for hydroxylation is 2. The Kier molecular flexibility index (Phi) is 5.84. The Labute approximate surface area is 148 Å². The fourth-order valence-corrected chi connectivity index (χ4v) is 2.76. The van der Waals surface area contributed by atoms with Crippen LogP contribution in [-0.2, 0) is 0 Å². The lowest BCUT2D eigenvalue weighted by molar-refractivity contribution is 0.552. The predicted octanol–water partition coefficient (Wildman–Crippen LogP) is 5.48. The fourth-order valence-electron chi connectivity index (χ4n) is 2.48. The first kappa shape index (κ1) is 18.3. The molecule has 0 saturated heterocycles. The molecule has 2 aromatic carbocycles. The van der Waals surface area contributed by atoms with E-state index >= 15 is 0 Å². The molecular weight excluding hydrogens is 325 g/mol. The molecule has 24 heavy (non-hydrogen) atoms. The Hall–Kier alpha value is -2.07. The van der Waals surface area contributed by atoms with Crippen molar-refractivity contribution in [2.45, 2.75) is 20.8 Å². The van der Waals surface area contributed by atoms with Crippen LogP contribution >= 0.6 is 11.6 Å². The van der Waals surface area contributed by atoms with Crippen LogP contribution in [0.3, 0.4) is 0 Å². The van der Waals surface area contributed by atoms with E-state index in [-0.39, 0.29) is 5.82 Å². The highest BCUT2D eigenvalue weighted by atomic mass is 35.5. The van der Waals surface area contributed by atoms with E-state index in [1.807, 2.05) is 58.0 Å². The summed E-state index contributed by atoms with van der Waals surface area (Å²) in [7, 11) is 3.76. The molecule has 0 aliphatic heterocycles. The third-order valence-corrected chi connectivity index (χ3v) is 4.34. The number of anilines is 2. The van der Waals surface area contributed by atoms with E-state index in [1.54, 1.807) is 17.3 Å². The van der Waals surface area contributed by atoms with Crippen molar-refractivity contribution < 1.29 is 4.39 Å². The van der Waals surface area contributed by atoms with Crippen molar-refractivity contribution in [3.63, 3.8) is 0 Å². The van der Waals surface area contributed by atoms with Crippen LogP contribution in [0.15, 0.2) is 35.3 Å². The summed E-state index contributed by atoms with van der Waals surface area (Å²) in [6.45, 7) is 6.76. The van der Waals surface area contributed by atoms with Gasteiger partial charge in [-0.15, -0.1) is 0 Å². The first-order valence-electron chi connectivity index (χ1n) is 7.88. The maximum Gasteiger partial charge on any atom is 0.147 e. The van der Waals surface area contributed by atoms with Gasteiger partial charge in [-0.05, 0) is 50.1 Å². The Bertz CT molecular complexity index is 738. The first-order chi connectivity index (χ1) is 11.3. The molecule has 0 N–H and O–H groups in total. The smallest absolute Gasteiger partial charge is 0.147 e. The molecular formula is C19H23ClFN3. The number of para-hydroxylation sites is 1. The Morgan fingerprint density at radius 1 is 1.21 bits per heavy atom. The van der Waals surface area contributed by atoms with Crippen LogP contribution in [0.25, 0.3) is 0 Å². The Balaban J connectivity index is 2.51. The van der Waals surface area contributed by atoms with Gasteiger partial charge in [-0.25, -0.2) is 9.38 Å². The molecule has 0 unspecified atom stereocenters. The van der Waals surface area contributed by atoms with E-state index < -0.39 is 0 Å². The van der Waals surface area contributed by atoms with Crippen LogP contribution in [0.5, 0.6) is 0 Å². The molecule has 2 aromatic rings. The predicted molar refractivity (Wildman–Crippen MR) is 102 cm³/mol. The quantitative estimate of drug-likeness (QED) is 0.527. The van der Waals surface area contributed by atoms with Gasteiger partial charge >= 0.3 is 0 Å². The van der Waals surface area contributed by atoms with E-state index in [2.05, 4.69) is 4.99 Å². The standard InChI is InChI=1S/C19H23ClFN3/c1-6-23(4)12-22-16-10-13(2)11-17(18(16)20)24(5)19-14(3)8-7-9-15(19)21/h7-12H,6H2,1-5H3/b22-12-. The molecule has 2 rings (SSSR count). The molecule has 128 valence electrons. The lowest BCUT2D eigenvalue weighted by Gasteiger charge is -2.24. The van der Waals surface area contributed by atoms with E-state index in [0.29, 0.717) is 16.4 Å². The molecule has 0 atom stereocenters. The van der Waals surface area contributed by atoms with Gasteiger partial charge in [0.2, 0.25) is 0 Å². The number of hydrogen-bond acceptors (Lipinski definition) is 2. The second-order valence-electron chi connectivity index (χ2n) is 5.90. The first-order valence-corrected chi connectivity index (χ1v) is 8.26. The fraction of sp³-hybridized carbons (Fsp3) is 0.316. The monoisotopic (exact) mass is 347 g/mol. The molecule has 0 saturated carbocycles. The van der Waals surface area contributed by atoms with Crippen LogP contribution in [0.1, 0.15) is 18.1 Å². The number of rotatable bonds is 5. The second kappa shape index (κ2) is 7.67.